The average molecular weight is 372 g/mol. The lowest BCUT2D eigenvalue weighted by Gasteiger charge is -2.26. The minimum atomic E-state index is -0.315. The van der Waals surface area contributed by atoms with Crippen LogP contribution in [0.3, 0.4) is 0 Å². The first-order valence-corrected chi connectivity index (χ1v) is 8.88. The third-order valence-electron chi connectivity index (χ3n) is 4.87. The Morgan fingerprint density at radius 1 is 1.26 bits per heavy atom. The van der Waals surface area contributed by atoms with Crippen LogP contribution in [0.5, 0.6) is 11.5 Å². The van der Waals surface area contributed by atoms with Crippen LogP contribution in [-0.4, -0.2) is 44.0 Å². The number of carbonyl (C=O) groups is 2. The maximum Gasteiger partial charge on any atom is 0.255 e. The predicted molar refractivity (Wildman–Crippen MR) is 99.0 cm³/mol. The standard InChI is InChI=1S/C20H24N2O5/c1-13-15(8-10-27-13)20(24)21-12-19(23)22-9-4-5-17(22)16-11-14(25-2)6-7-18(16)26-3/h6-8,10-11,17H,4-5,9,12H2,1-3H3,(H,21,24). The van der Waals surface area contributed by atoms with Gasteiger partial charge >= 0.3 is 0 Å². The lowest BCUT2D eigenvalue weighted by molar-refractivity contribution is -0.131. The van der Waals surface area contributed by atoms with Crippen LogP contribution in [0.2, 0.25) is 0 Å². The number of furan rings is 1. The van der Waals surface area contributed by atoms with E-state index in [-0.39, 0.29) is 24.4 Å². The molecule has 1 aliphatic rings. The first-order valence-electron chi connectivity index (χ1n) is 8.88. The Balaban J connectivity index is 1.71. The molecule has 0 radical (unpaired) electrons. The number of hydrogen-bond donors (Lipinski definition) is 1. The smallest absolute Gasteiger partial charge is 0.255 e. The molecule has 1 fully saturated rings. The molecule has 144 valence electrons. The van der Waals surface area contributed by atoms with E-state index in [0.29, 0.717) is 23.6 Å². The topological polar surface area (TPSA) is 81.0 Å². The fourth-order valence-electron chi connectivity index (χ4n) is 3.46. The SMILES string of the molecule is COc1ccc(OC)c(C2CCCN2C(=O)CNC(=O)c2ccoc2C)c1. The van der Waals surface area contributed by atoms with Crippen molar-refractivity contribution in [1.82, 2.24) is 10.2 Å². The molecule has 1 unspecified atom stereocenters. The number of likely N-dealkylation sites (tertiary alicyclic amines) is 1. The molecular weight excluding hydrogens is 348 g/mol. The Labute approximate surface area is 158 Å². The number of rotatable bonds is 6. The number of hydrogen-bond acceptors (Lipinski definition) is 5. The molecule has 1 atom stereocenters. The maximum atomic E-state index is 12.8. The molecule has 0 aliphatic carbocycles. The van der Waals surface area contributed by atoms with Gasteiger partial charge in [0, 0.05) is 12.1 Å². The molecule has 0 spiro atoms. The zero-order valence-electron chi connectivity index (χ0n) is 15.8. The van der Waals surface area contributed by atoms with E-state index in [1.54, 1.807) is 32.1 Å². The fourth-order valence-corrected chi connectivity index (χ4v) is 3.46. The van der Waals surface area contributed by atoms with Gasteiger partial charge in [-0.2, -0.15) is 0 Å². The quantitative estimate of drug-likeness (QED) is 0.843. The highest BCUT2D eigenvalue weighted by Crippen LogP contribution is 2.38. The van der Waals surface area contributed by atoms with E-state index in [1.165, 1.54) is 6.26 Å². The molecule has 1 saturated heterocycles. The number of methoxy groups -OCH3 is 2. The zero-order chi connectivity index (χ0) is 19.4. The molecule has 2 heterocycles. The number of amides is 2. The number of nitrogens with zero attached hydrogens (tertiary/aromatic N) is 1. The van der Waals surface area contributed by atoms with Crippen molar-refractivity contribution in [2.45, 2.75) is 25.8 Å². The largest absolute Gasteiger partial charge is 0.497 e. The first-order chi connectivity index (χ1) is 13.0. The number of benzene rings is 1. The summed E-state index contributed by atoms with van der Waals surface area (Å²) in [5.41, 5.74) is 1.36. The summed E-state index contributed by atoms with van der Waals surface area (Å²) >= 11 is 0. The molecule has 0 bridgehead atoms. The number of carbonyl (C=O) groups excluding carboxylic acids is 2. The molecular formula is C20H24N2O5. The molecule has 2 aromatic rings. The Hall–Kier alpha value is -2.96. The van der Waals surface area contributed by atoms with Gasteiger partial charge in [-0.25, -0.2) is 0 Å². The summed E-state index contributed by atoms with van der Waals surface area (Å²) in [6, 6.07) is 7.07. The summed E-state index contributed by atoms with van der Waals surface area (Å²) in [5.74, 6) is 1.52. The number of ether oxygens (including phenoxy) is 2. The zero-order valence-corrected chi connectivity index (χ0v) is 15.8. The predicted octanol–water partition coefficient (Wildman–Crippen LogP) is 2.70. The summed E-state index contributed by atoms with van der Waals surface area (Å²) in [6.45, 7) is 2.29. The second kappa shape index (κ2) is 8.16. The van der Waals surface area contributed by atoms with Crippen LogP contribution in [0.4, 0.5) is 0 Å². The third-order valence-corrected chi connectivity index (χ3v) is 4.87. The molecule has 3 rings (SSSR count). The Morgan fingerprint density at radius 3 is 2.74 bits per heavy atom. The van der Waals surface area contributed by atoms with Crippen molar-refractivity contribution < 1.29 is 23.5 Å². The molecule has 7 nitrogen and oxygen atoms in total. The number of nitrogens with one attached hydrogen (secondary N) is 1. The first kappa shape index (κ1) is 18.8. The van der Waals surface area contributed by atoms with E-state index in [2.05, 4.69) is 5.32 Å². The van der Waals surface area contributed by atoms with Crippen molar-refractivity contribution in [2.75, 3.05) is 27.3 Å². The lowest BCUT2D eigenvalue weighted by Crippen LogP contribution is -2.40. The van der Waals surface area contributed by atoms with Crippen molar-refractivity contribution in [1.29, 1.82) is 0 Å². The summed E-state index contributed by atoms with van der Waals surface area (Å²) in [4.78, 5) is 26.8. The van der Waals surface area contributed by atoms with Crippen LogP contribution >= 0.6 is 0 Å². The highest BCUT2D eigenvalue weighted by molar-refractivity contribution is 5.97. The van der Waals surface area contributed by atoms with Gasteiger partial charge in [0.15, 0.2) is 0 Å². The molecule has 7 heteroatoms. The Kier molecular flexibility index (Phi) is 5.69. The van der Waals surface area contributed by atoms with Gasteiger partial charge in [-0.1, -0.05) is 0 Å². The van der Waals surface area contributed by atoms with E-state index >= 15 is 0 Å². The summed E-state index contributed by atoms with van der Waals surface area (Å²) < 4.78 is 15.9. The fraction of sp³-hybridized carbons (Fsp3) is 0.400. The van der Waals surface area contributed by atoms with Crippen LogP contribution in [0.25, 0.3) is 0 Å². The highest BCUT2D eigenvalue weighted by atomic mass is 16.5. The Bertz CT molecular complexity index is 830. The van der Waals surface area contributed by atoms with Gasteiger partial charge in [-0.15, -0.1) is 0 Å². The van der Waals surface area contributed by atoms with Crippen molar-refractivity contribution in [3.63, 3.8) is 0 Å². The minimum absolute atomic E-state index is 0.0633. The highest BCUT2D eigenvalue weighted by Gasteiger charge is 2.32. The van der Waals surface area contributed by atoms with Gasteiger partial charge in [0.2, 0.25) is 5.91 Å². The van der Waals surface area contributed by atoms with Crippen LogP contribution in [0.1, 0.15) is 40.6 Å². The molecule has 1 N–H and O–H groups in total. The minimum Gasteiger partial charge on any atom is -0.497 e. The van der Waals surface area contributed by atoms with Crippen LogP contribution in [0.15, 0.2) is 34.9 Å². The third kappa shape index (κ3) is 3.92. The molecule has 1 aromatic carbocycles. The molecule has 1 aromatic heterocycles. The van der Waals surface area contributed by atoms with E-state index in [1.807, 2.05) is 18.2 Å². The molecule has 2 amide bonds. The van der Waals surface area contributed by atoms with Gasteiger partial charge in [0.1, 0.15) is 17.3 Å². The summed E-state index contributed by atoms with van der Waals surface area (Å²) in [7, 11) is 3.22. The number of aryl methyl sites for hydroxylation is 1. The van der Waals surface area contributed by atoms with Crippen molar-refractivity contribution in [3.8, 4) is 11.5 Å². The second-order valence-corrected chi connectivity index (χ2v) is 6.43. The maximum absolute atomic E-state index is 12.8. The van der Waals surface area contributed by atoms with Gasteiger partial charge in [0.05, 0.1) is 38.6 Å². The van der Waals surface area contributed by atoms with E-state index < -0.39 is 0 Å². The molecule has 27 heavy (non-hydrogen) atoms. The normalized spacial score (nSPS) is 16.3. The van der Waals surface area contributed by atoms with Crippen molar-refractivity contribution in [2.24, 2.45) is 0 Å². The molecule has 1 aliphatic heterocycles. The van der Waals surface area contributed by atoms with E-state index in [9.17, 15) is 9.59 Å². The summed E-state index contributed by atoms with van der Waals surface area (Å²) in [6.07, 6.45) is 3.19. The van der Waals surface area contributed by atoms with E-state index in [0.717, 1.165) is 24.2 Å². The van der Waals surface area contributed by atoms with Gasteiger partial charge in [-0.05, 0) is 44.0 Å². The summed E-state index contributed by atoms with van der Waals surface area (Å²) in [5, 5.41) is 2.68. The van der Waals surface area contributed by atoms with Crippen molar-refractivity contribution >= 4 is 11.8 Å². The lowest BCUT2D eigenvalue weighted by atomic mass is 10.0. The van der Waals surface area contributed by atoms with E-state index in [4.69, 9.17) is 13.9 Å². The Morgan fingerprint density at radius 2 is 2.07 bits per heavy atom. The van der Waals surface area contributed by atoms with Crippen LogP contribution < -0.4 is 14.8 Å². The monoisotopic (exact) mass is 372 g/mol. The van der Waals surface area contributed by atoms with Gasteiger partial charge < -0.3 is 24.1 Å². The second-order valence-electron chi connectivity index (χ2n) is 6.43. The average Bonchev–Trinajstić information content (AvgIpc) is 3.34. The van der Waals surface area contributed by atoms with Gasteiger partial charge in [0.25, 0.3) is 5.91 Å². The van der Waals surface area contributed by atoms with Gasteiger partial charge in [-0.3, -0.25) is 9.59 Å². The van der Waals surface area contributed by atoms with Crippen LogP contribution in [-0.2, 0) is 4.79 Å². The van der Waals surface area contributed by atoms with Crippen LogP contribution in [0, 0.1) is 6.92 Å². The van der Waals surface area contributed by atoms with Crippen molar-refractivity contribution in [3.05, 3.63) is 47.4 Å². The molecule has 0 saturated carbocycles.